The molecule has 3 rings (SSSR count). The fraction of sp³-hybridized carbons (Fsp3) is 0.429. The van der Waals surface area contributed by atoms with Crippen LogP contribution in [-0.4, -0.2) is 40.9 Å². The van der Waals surface area contributed by atoms with Crippen LogP contribution in [0.15, 0.2) is 18.2 Å². The van der Waals surface area contributed by atoms with Gasteiger partial charge in [0, 0.05) is 32.1 Å². The summed E-state index contributed by atoms with van der Waals surface area (Å²) < 4.78 is 0. The van der Waals surface area contributed by atoms with Gasteiger partial charge in [0.25, 0.3) is 0 Å². The van der Waals surface area contributed by atoms with Crippen molar-refractivity contribution >= 4 is 29.2 Å². The van der Waals surface area contributed by atoms with Gasteiger partial charge < -0.3 is 10.2 Å². The van der Waals surface area contributed by atoms with Crippen molar-refractivity contribution in [2.75, 3.05) is 24.5 Å². The monoisotopic (exact) mass is 325 g/mol. The fourth-order valence-electron chi connectivity index (χ4n) is 2.46. The molecule has 2 N–H and O–H groups in total. The Kier molecular flexibility index (Phi) is 4.33. The van der Waals surface area contributed by atoms with Crippen molar-refractivity contribution in [3.63, 3.8) is 0 Å². The second kappa shape index (κ2) is 6.22. The van der Waals surface area contributed by atoms with E-state index >= 15 is 0 Å². The molecule has 0 amide bonds. The molecule has 1 aromatic carbocycles. The number of hydrogen-bond donors (Lipinski definition) is 2. The molecule has 2 heterocycles. The molecule has 7 heteroatoms. The molecule has 1 atom stereocenters. The molecule has 1 fully saturated rings. The summed E-state index contributed by atoms with van der Waals surface area (Å²) in [5, 5.41) is 11.8. The summed E-state index contributed by atoms with van der Waals surface area (Å²) in [6.45, 7) is 4.96. The molecule has 0 bridgehead atoms. The highest BCUT2D eigenvalue weighted by molar-refractivity contribution is 6.42. The Balaban J connectivity index is 1.71. The Hall–Kier alpha value is -1.30. The number of hydrogen-bond acceptors (Lipinski definition) is 4. The molecule has 21 heavy (non-hydrogen) atoms. The molecule has 0 radical (unpaired) electrons. The summed E-state index contributed by atoms with van der Waals surface area (Å²) in [4.78, 5) is 6.76. The van der Waals surface area contributed by atoms with Gasteiger partial charge in [-0.15, -0.1) is 5.10 Å². The topological polar surface area (TPSA) is 56.8 Å². The number of anilines is 1. The Bertz CT molecular complexity index is 628. The highest BCUT2D eigenvalue weighted by Crippen LogP contribution is 2.23. The minimum absolute atomic E-state index is 0.454. The molecular weight excluding hydrogens is 309 g/mol. The second-order valence-electron chi connectivity index (χ2n) is 5.31. The Morgan fingerprint density at radius 3 is 2.95 bits per heavy atom. The van der Waals surface area contributed by atoms with Crippen molar-refractivity contribution in [1.82, 2.24) is 20.5 Å². The normalized spacial score (nSPS) is 19.0. The van der Waals surface area contributed by atoms with E-state index in [2.05, 4.69) is 32.3 Å². The Morgan fingerprint density at radius 1 is 1.33 bits per heavy atom. The summed E-state index contributed by atoms with van der Waals surface area (Å²) in [7, 11) is 0. The third-order valence-electron chi connectivity index (χ3n) is 3.53. The van der Waals surface area contributed by atoms with Crippen LogP contribution in [0, 0.1) is 0 Å². The predicted molar refractivity (Wildman–Crippen MR) is 85.3 cm³/mol. The lowest BCUT2D eigenvalue weighted by Gasteiger charge is -2.30. The van der Waals surface area contributed by atoms with E-state index in [1.165, 1.54) is 0 Å². The van der Waals surface area contributed by atoms with Crippen molar-refractivity contribution in [3.05, 3.63) is 39.6 Å². The second-order valence-corrected chi connectivity index (χ2v) is 6.12. The van der Waals surface area contributed by atoms with Crippen LogP contribution in [0.5, 0.6) is 0 Å². The first-order valence-electron chi connectivity index (χ1n) is 6.95. The number of rotatable bonds is 3. The zero-order valence-electron chi connectivity index (χ0n) is 11.7. The first-order valence-corrected chi connectivity index (χ1v) is 7.71. The highest BCUT2D eigenvalue weighted by atomic mass is 35.5. The maximum absolute atomic E-state index is 6.03. The number of aromatic nitrogens is 3. The van der Waals surface area contributed by atoms with Gasteiger partial charge in [0.05, 0.1) is 10.0 Å². The van der Waals surface area contributed by atoms with Gasteiger partial charge in [-0.3, -0.25) is 5.10 Å². The summed E-state index contributed by atoms with van der Waals surface area (Å²) in [5.41, 5.74) is 1.06. The van der Waals surface area contributed by atoms with E-state index in [-0.39, 0.29) is 0 Å². The van der Waals surface area contributed by atoms with Crippen LogP contribution in [0.4, 0.5) is 5.95 Å². The van der Waals surface area contributed by atoms with E-state index in [4.69, 9.17) is 23.2 Å². The molecule has 0 saturated carbocycles. The van der Waals surface area contributed by atoms with Crippen LogP contribution in [-0.2, 0) is 6.42 Å². The molecule has 0 unspecified atom stereocenters. The third kappa shape index (κ3) is 3.48. The maximum atomic E-state index is 6.03. The van der Waals surface area contributed by atoms with Gasteiger partial charge in [-0.2, -0.15) is 4.98 Å². The minimum Gasteiger partial charge on any atom is -0.337 e. The van der Waals surface area contributed by atoms with Gasteiger partial charge in [0.15, 0.2) is 0 Å². The number of piperazine rings is 1. The molecule has 5 nitrogen and oxygen atoms in total. The van der Waals surface area contributed by atoms with Gasteiger partial charge in [0.1, 0.15) is 5.82 Å². The Labute approximate surface area is 133 Å². The zero-order chi connectivity index (χ0) is 14.8. The number of nitrogens with one attached hydrogen (secondary N) is 2. The van der Waals surface area contributed by atoms with Crippen LogP contribution < -0.4 is 10.2 Å². The van der Waals surface area contributed by atoms with E-state index in [1.807, 2.05) is 12.1 Å². The average Bonchev–Trinajstić information content (AvgIpc) is 2.91. The lowest BCUT2D eigenvalue weighted by atomic mass is 10.1. The summed E-state index contributed by atoms with van der Waals surface area (Å²) in [6.07, 6.45) is 0.658. The molecular formula is C14H17Cl2N5. The lowest BCUT2D eigenvalue weighted by molar-refractivity contribution is 0.480. The number of halogens is 2. The van der Waals surface area contributed by atoms with Crippen molar-refractivity contribution in [2.45, 2.75) is 19.4 Å². The van der Waals surface area contributed by atoms with Gasteiger partial charge >= 0.3 is 0 Å². The van der Waals surface area contributed by atoms with Crippen molar-refractivity contribution in [1.29, 1.82) is 0 Å². The van der Waals surface area contributed by atoms with Crippen LogP contribution in [0.3, 0.4) is 0 Å². The Morgan fingerprint density at radius 2 is 2.19 bits per heavy atom. The lowest BCUT2D eigenvalue weighted by Crippen LogP contribution is -2.49. The maximum Gasteiger partial charge on any atom is 0.244 e. The molecule has 0 aliphatic carbocycles. The van der Waals surface area contributed by atoms with E-state index in [0.717, 1.165) is 37.0 Å². The van der Waals surface area contributed by atoms with Gasteiger partial charge in [-0.1, -0.05) is 29.3 Å². The third-order valence-corrected chi connectivity index (χ3v) is 4.27. The molecule has 0 spiro atoms. The zero-order valence-corrected chi connectivity index (χ0v) is 13.2. The van der Waals surface area contributed by atoms with Gasteiger partial charge in [0.2, 0.25) is 5.95 Å². The summed E-state index contributed by atoms with van der Waals surface area (Å²) in [5.74, 6) is 1.59. The number of benzene rings is 1. The molecule has 1 aliphatic heterocycles. The van der Waals surface area contributed by atoms with Crippen molar-refractivity contribution in [2.24, 2.45) is 0 Å². The average molecular weight is 326 g/mol. The molecule has 1 saturated heterocycles. The van der Waals surface area contributed by atoms with Crippen molar-refractivity contribution in [3.8, 4) is 0 Å². The first kappa shape index (κ1) is 14.6. The fourth-order valence-corrected chi connectivity index (χ4v) is 2.78. The SMILES string of the molecule is C[C@H]1CN(c2n[nH]c(Cc3ccc(Cl)c(Cl)c3)n2)CCN1. The largest absolute Gasteiger partial charge is 0.337 e. The minimum atomic E-state index is 0.454. The van der Waals surface area contributed by atoms with E-state index in [0.29, 0.717) is 22.5 Å². The van der Waals surface area contributed by atoms with E-state index in [1.54, 1.807) is 6.07 Å². The number of nitrogens with zero attached hydrogens (tertiary/aromatic N) is 3. The summed E-state index contributed by atoms with van der Waals surface area (Å²) in [6, 6.07) is 6.06. The first-order chi connectivity index (χ1) is 10.1. The van der Waals surface area contributed by atoms with Gasteiger partial charge in [-0.25, -0.2) is 0 Å². The van der Waals surface area contributed by atoms with Crippen LogP contribution in [0.25, 0.3) is 0 Å². The smallest absolute Gasteiger partial charge is 0.244 e. The predicted octanol–water partition coefficient (Wildman–Crippen LogP) is 2.50. The van der Waals surface area contributed by atoms with Gasteiger partial charge in [-0.05, 0) is 24.6 Å². The standard InChI is InChI=1S/C14H17Cl2N5/c1-9-8-21(5-4-17-9)14-18-13(19-20-14)7-10-2-3-11(15)12(16)6-10/h2-3,6,9,17H,4-5,7-8H2,1H3,(H,18,19,20)/t9-/m0/s1. The van der Waals surface area contributed by atoms with E-state index in [9.17, 15) is 0 Å². The van der Waals surface area contributed by atoms with Crippen LogP contribution in [0.1, 0.15) is 18.3 Å². The number of aromatic amines is 1. The quantitative estimate of drug-likeness (QED) is 0.910. The van der Waals surface area contributed by atoms with Crippen LogP contribution >= 0.6 is 23.2 Å². The molecule has 112 valence electrons. The molecule has 1 aliphatic rings. The molecule has 2 aromatic rings. The summed E-state index contributed by atoms with van der Waals surface area (Å²) >= 11 is 12.0. The number of H-pyrrole nitrogens is 1. The molecule has 1 aromatic heterocycles. The van der Waals surface area contributed by atoms with E-state index < -0.39 is 0 Å². The van der Waals surface area contributed by atoms with Crippen LogP contribution in [0.2, 0.25) is 10.0 Å². The van der Waals surface area contributed by atoms with Crippen molar-refractivity contribution < 1.29 is 0 Å². The highest BCUT2D eigenvalue weighted by Gasteiger charge is 2.19.